The minimum atomic E-state index is -0.432. The average molecular weight is 296 g/mol. The number of rotatable bonds is 3. The van der Waals surface area contributed by atoms with Crippen molar-refractivity contribution in [2.24, 2.45) is 5.73 Å². The highest BCUT2D eigenvalue weighted by atomic mass is 79.9. The number of carbonyl (C=O) groups is 1. The molecule has 2 aromatic rings. The van der Waals surface area contributed by atoms with Gasteiger partial charge < -0.3 is 5.73 Å². The van der Waals surface area contributed by atoms with Gasteiger partial charge in [0.2, 0.25) is 0 Å². The molecule has 0 atom stereocenters. The van der Waals surface area contributed by atoms with Gasteiger partial charge in [0.25, 0.3) is 5.91 Å². The van der Waals surface area contributed by atoms with Crippen LogP contribution < -0.4 is 5.73 Å². The second-order valence-electron chi connectivity index (χ2n) is 4.08. The molecule has 0 bridgehead atoms. The summed E-state index contributed by atoms with van der Waals surface area (Å²) in [6, 6.07) is 1.98. The third-order valence-electron chi connectivity index (χ3n) is 2.60. The van der Waals surface area contributed by atoms with Crippen LogP contribution in [0.25, 0.3) is 5.65 Å². The van der Waals surface area contributed by atoms with E-state index in [0.29, 0.717) is 5.69 Å². The Bertz CT molecular complexity index is 589. The standard InChI is InChI=1S/C12H14BrN3O/c1-3-4-9-10(11(14)17)16-6-7(2)5-8(13)12(16)15-9/h5-6H,3-4H2,1-2H3,(H2,14,17). The summed E-state index contributed by atoms with van der Waals surface area (Å²) >= 11 is 3.46. The molecule has 0 saturated heterocycles. The fourth-order valence-electron chi connectivity index (χ4n) is 1.95. The highest BCUT2D eigenvalue weighted by Crippen LogP contribution is 2.23. The minimum absolute atomic E-state index is 0.432. The molecule has 2 rings (SSSR count). The van der Waals surface area contributed by atoms with Crippen molar-refractivity contribution in [3.05, 3.63) is 33.7 Å². The molecule has 0 aliphatic carbocycles. The zero-order chi connectivity index (χ0) is 12.6. The number of nitrogens with zero attached hydrogens (tertiary/aromatic N) is 2. The number of imidazole rings is 1. The minimum Gasteiger partial charge on any atom is -0.364 e. The largest absolute Gasteiger partial charge is 0.364 e. The van der Waals surface area contributed by atoms with Gasteiger partial charge in [0.05, 0.1) is 10.2 Å². The van der Waals surface area contributed by atoms with Crippen LogP contribution in [0.15, 0.2) is 16.7 Å². The van der Waals surface area contributed by atoms with Crippen LogP contribution in [0.2, 0.25) is 0 Å². The first-order valence-electron chi connectivity index (χ1n) is 5.51. The maximum atomic E-state index is 11.5. The van der Waals surface area contributed by atoms with Crippen molar-refractivity contribution in [1.29, 1.82) is 0 Å². The third-order valence-corrected chi connectivity index (χ3v) is 3.19. The predicted octanol–water partition coefficient (Wildman–Crippen LogP) is 2.46. The molecule has 0 aliphatic heterocycles. The van der Waals surface area contributed by atoms with Gasteiger partial charge in [-0.2, -0.15) is 0 Å². The monoisotopic (exact) mass is 295 g/mol. The Balaban J connectivity index is 2.80. The van der Waals surface area contributed by atoms with Crippen molar-refractivity contribution in [3.63, 3.8) is 0 Å². The van der Waals surface area contributed by atoms with Gasteiger partial charge in [0.15, 0.2) is 5.65 Å². The van der Waals surface area contributed by atoms with Crippen LogP contribution in [-0.2, 0) is 6.42 Å². The van der Waals surface area contributed by atoms with Gasteiger partial charge in [-0.05, 0) is 40.9 Å². The number of amides is 1. The van der Waals surface area contributed by atoms with Crippen molar-refractivity contribution in [2.75, 3.05) is 0 Å². The van der Waals surface area contributed by atoms with E-state index in [1.165, 1.54) is 0 Å². The molecule has 0 aromatic carbocycles. The molecule has 0 aliphatic rings. The average Bonchev–Trinajstić information content (AvgIpc) is 2.57. The molecule has 2 N–H and O–H groups in total. The fraction of sp³-hybridized carbons (Fsp3) is 0.333. The van der Waals surface area contributed by atoms with E-state index in [2.05, 4.69) is 27.8 Å². The van der Waals surface area contributed by atoms with Crippen LogP contribution in [0.1, 0.15) is 35.1 Å². The number of pyridine rings is 1. The number of aromatic nitrogens is 2. The van der Waals surface area contributed by atoms with E-state index >= 15 is 0 Å². The van der Waals surface area contributed by atoms with Crippen LogP contribution in [-0.4, -0.2) is 15.3 Å². The topological polar surface area (TPSA) is 60.4 Å². The van der Waals surface area contributed by atoms with Gasteiger partial charge in [-0.3, -0.25) is 9.20 Å². The number of halogens is 1. The van der Waals surface area contributed by atoms with E-state index < -0.39 is 5.91 Å². The fourth-order valence-corrected chi connectivity index (χ4v) is 2.59. The van der Waals surface area contributed by atoms with Gasteiger partial charge >= 0.3 is 0 Å². The molecule has 5 heteroatoms. The van der Waals surface area contributed by atoms with E-state index in [4.69, 9.17) is 5.73 Å². The molecule has 2 aromatic heterocycles. The molecule has 0 radical (unpaired) electrons. The van der Waals surface area contributed by atoms with Crippen LogP contribution in [0.5, 0.6) is 0 Å². The highest BCUT2D eigenvalue weighted by Gasteiger charge is 2.17. The van der Waals surface area contributed by atoms with Crippen LogP contribution in [0.4, 0.5) is 0 Å². The molecule has 0 spiro atoms. The van der Waals surface area contributed by atoms with Gasteiger partial charge in [-0.25, -0.2) is 4.98 Å². The Labute approximate surface area is 108 Å². The van der Waals surface area contributed by atoms with Crippen molar-refractivity contribution in [2.45, 2.75) is 26.7 Å². The summed E-state index contributed by atoms with van der Waals surface area (Å²) in [6.45, 7) is 4.02. The van der Waals surface area contributed by atoms with Crippen molar-refractivity contribution >= 4 is 27.5 Å². The van der Waals surface area contributed by atoms with E-state index in [1.807, 2.05) is 19.2 Å². The third kappa shape index (κ3) is 2.07. The summed E-state index contributed by atoms with van der Waals surface area (Å²) in [5.74, 6) is -0.432. The van der Waals surface area contributed by atoms with E-state index in [0.717, 1.165) is 34.2 Å². The lowest BCUT2D eigenvalue weighted by Gasteiger charge is -2.02. The quantitative estimate of drug-likeness (QED) is 0.945. The first-order valence-corrected chi connectivity index (χ1v) is 6.30. The van der Waals surface area contributed by atoms with Crippen molar-refractivity contribution in [3.8, 4) is 0 Å². The lowest BCUT2D eigenvalue weighted by molar-refractivity contribution is 0.0993. The summed E-state index contributed by atoms with van der Waals surface area (Å²) in [7, 11) is 0. The molecule has 17 heavy (non-hydrogen) atoms. The maximum Gasteiger partial charge on any atom is 0.267 e. The molecule has 2 heterocycles. The number of hydrogen-bond acceptors (Lipinski definition) is 2. The summed E-state index contributed by atoms with van der Waals surface area (Å²) < 4.78 is 2.65. The first kappa shape index (κ1) is 12.1. The lowest BCUT2D eigenvalue weighted by atomic mass is 10.2. The number of aryl methyl sites for hydroxylation is 2. The summed E-state index contributed by atoms with van der Waals surface area (Å²) in [5, 5.41) is 0. The smallest absolute Gasteiger partial charge is 0.267 e. The normalized spacial score (nSPS) is 11.0. The first-order chi connectivity index (χ1) is 8.04. The van der Waals surface area contributed by atoms with Gasteiger partial charge in [0, 0.05) is 6.20 Å². The molecular weight excluding hydrogens is 282 g/mol. The zero-order valence-corrected chi connectivity index (χ0v) is 11.4. The molecule has 1 amide bonds. The predicted molar refractivity (Wildman–Crippen MR) is 70.1 cm³/mol. The Morgan fingerprint density at radius 3 is 2.88 bits per heavy atom. The van der Waals surface area contributed by atoms with Gasteiger partial charge in [-0.1, -0.05) is 13.3 Å². The van der Waals surface area contributed by atoms with E-state index in [9.17, 15) is 4.79 Å². The Kier molecular flexibility index (Phi) is 3.19. The molecule has 0 fully saturated rings. The second-order valence-corrected chi connectivity index (χ2v) is 4.93. The molecule has 0 saturated carbocycles. The summed E-state index contributed by atoms with van der Waals surface area (Å²) in [4.78, 5) is 16.0. The molecule has 90 valence electrons. The van der Waals surface area contributed by atoms with Crippen molar-refractivity contribution in [1.82, 2.24) is 9.38 Å². The number of hydrogen-bond donors (Lipinski definition) is 1. The van der Waals surface area contributed by atoms with E-state index in [1.54, 1.807) is 4.40 Å². The van der Waals surface area contributed by atoms with Gasteiger partial charge in [0.1, 0.15) is 5.69 Å². The molecule has 0 unspecified atom stereocenters. The zero-order valence-electron chi connectivity index (χ0n) is 9.83. The van der Waals surface area contributed by atoms with Crippen molar-refractivity contribution < 1.29 is 4.79 Å². The Morgan fingerprint density at radius 2 is 2.29 bits per heavy atom. The van der Waals surface area contributed by atoms with Crippen LogP contribution in [0.3, 0.4) is 0 Å². The van der Waals surface area contributed by atoms with Crippen LogP contribution >= 0.6 is 15.9 Å². The van der Waals surface area contributed by atoms with Crippen LogP contribution in [0, 0.1) is 6.92 Å². The number of primary amides is 1. The summed E-state index contributed by atoms with van der Waals surface area (Å²) in [5.41, 5.74) is 8.49. The highest BCUT2D eigenvalue weighted by molar-refractivity contribution is 9.10. The lowest BCUT2D eigenvalue weighted by Crippen LogP contribution is -2.16. The summed E-state index contributed by atoms with van der Waals surface area (Å²) in [6.07, 6.45) is 3.57. The molecular formula is C12H14BrN3O. The molecule has 4 nitrogen and oxygen atoms in total. The number of carbonyl (C=O) groups excluding carboxylic acids is 1. The maximum absolute atomic E-state index is 11.5. The Hall–Kier alpha value is -1.36. The number of nitrogens with two attached hydrogens (primary N) is 1. The SMILES string of the molecule is CCCc1nc2c(Br)cc(C)cn2c1C(N)=O. The number of fused-ring (bicyclic) bond motifs is 1. The Morgan fingerprint density at radius 1 is 1.59 bits per heavy atom. The van der Waals surface area contributed by atoms with Gasteiger partial charge in [-0.15, -0.1) is 0 Å². The van der Waals surface area contributed by atoms with E-state index in [-0.39, 0.29) is 0 Å². The second kappa shape index (κ2) is 4.49.